The minimum absolute atomic E-state index is 0.0914. The molecule has 7 nitrogen and oxygen atoms in total. The molecule has 1 aromatic heterocycles. The van der Waals surface area contributed by atoms with Crippen molar-refractivity contribution in [3.05, 3.63) is 29.8 Å². The number of thioether (sulfide) groups is 1. The molecule has 0 atom stereocenters. The van der Waals surface area contributed by atoms with E-state index < -0.39 is 5.97 Å². The molecule has 1 amide bonds. The number of aromatic nitrogens is 3. The monoisotopic (exact) mass is 444 g/mol. The Morgan fingerprint density at radius 3 is 2.42 bits per heavy atom. The van der Waals surface area contributed by atoms with Crippen LogP contribution in [0.3, 0.4) is 0 Å². The highest BCUT2D eigenvalue weighted by Crippen LogP contribution is 2.36. The molecule has 2 aromatic rings. The van der Waals surface area contributed by atoms with Crippen molar-refractivity contribution in [2.45, 2.75) is 69.5 Å². The average molecular weight is 445 g/mol. The van der Waals surface area contributed by atoms with Gasteiger partial charge in [0.05, 0.1) is 12.9 Å². The summed E-state index contributed by atoms with van der Waals surface area (Å²) in [6.45, 7) is 6.47. The Labute approximate surface area is 188 Å². The molecule has 8 heteroatoms. The molecule has 0 radical (unpaired) electrons. The highest BCUT2D eigenvalue weighted by Gasteiger charge is 2.24. The van der Waals surface area contributed by atoms with E-state index in [0.717, 1.165) is 29.4 Å². The Morgan fingerprint density at radius 2 is 1.81 bits per heavy atom. The van der Waals surface area contributed by atoms with E-state index in [1.54, 1.807) is 0 Å². The van der Waals surface area contributed by atoms with E-state index >= 15 is 0 Å². The molecule has 0 spiro atoms. The number of hydrogen-bond acceptors (Lipinski definition) is 6. The van der Waals surface area contributed by atoms with Crippen LogP contribution in [0.4, 0.5) is 0 Å². The number of esters is 1. The molecule has 1 N–H and O–H groups in total. The van der Waals surface area contributed by atoms with E-state index in [2.05, 4.69) is 69.9 Å². The lowest BCUT2D eigenvalue weighted by atomic mass is 9.86. The van der Waals surface area contributed by atoms with Crippen LogP contribution in [0.15, 0.2) is 29.4 Å². The largest absolute Gasteiger partial charge is 0.468 e. The third-order valence-electron chi connectivity index (χ3n) is 5.60. The van der Waals surface area contributed by atoms with Crippen LogP contribution in [0.5, 0.6) is 0 Å². The molecule has 1 aromatic carbocycles. The standard InChI is InChI=1S/C23H32N4O3S/c1-23(2,3)17-12-10-16(11-13-17)21-25-26-22(27(21)18-8-6-5-7-9-18)31-15-19(28)24-14-20(29)30-4/h10-13,18H,5-9,14-15H2,1-4H3,(H,24,28). The van der Waals surface area contributed by atoms with Crippen molar-refractivity contribution in [2.24, 2.45) is 0 Å². The topological polar surface area (TPSA) is 86.1 Å². The molecular formula is C23H32N4O3S. The van der Waals surface area contributed by atoms with Crippen molar-refractivity contribution < 1.29 is 14.3 Å². The fourth-order valence-corrected chi connectivity index (χ4v) is 4.62. The first-order valence-electron chi connectivity index (χ1n) is 10.8. The second kappa shape index (κ2) is 10.3. The third-order valence-corrected chi connectivity index (χ3v) is 6.55. The van der Waals surface area contributed by atoms with Crippen molar-refractivity contribution in [3.8, 4) is 11.4 Å². The van der Waals surface area contributed by atoms with E-state index in [0.29, 0.717) is 6.04 Å². The number of amides is 1. The number of benzene rings is 1. The number of carbonyl (C=O) groups is 2. The lowest BCUT2D eigenvalue weighted by Crippen LogP contribution is -2.31. The van der Waals surface area contributed by atoms with Crippen molar-refractivity contribution in [2.75, 3.05) is 19.4 Å². The summed E-state index contributed by atoms with van der Waals surface area (Å²) in [6.07, 6.45) is 5.82. The molecule has 0 aliphatic heterocycles. The smallest absolute Gasteiger partial charge is 0.325 e. The molecular weight excluding hydrogens is 412 g/mol. The number of methoxy groups -OCH3 is 1. The van der Waals surface area contributed by atoms with E-state index in [1.165, 1.54) is 43.7 Å². The summed E-state index contributed by atoms with van der Waals surface area (Å²) in [5, 5.41) is 12.2. The van der Waals surface area contributed by atoms with Gasteiger partial charge in [0.2, 0.25) is 5.91 Å². The lowest BCUT2D eigenvalue weighted by molar-refractivity contribution is -0.140. The molecule has 1 fully saturated rings. The minimum atomic E-state index is -0.468. The number of nitrogens with zero attached hydrogens (tertiary/aromatic N) is 3. The zero-order valence-electron chi connectivity index (χ0n) is 18.8. The predicted molar refractivity (Wildman–Crippen MR) is 122 cm³/mol. The van der Waals surface area contributed by atoms with Crippen LogP contribution in [0, 0.1) is 0 Å². The third kappa shape index (κ3) is 6.09. The van der Waals surface area contributed by atoms with Crippen molar-refractivity contribution in [3.63, 3.8) is 0 Å². The Hall–Kier alpha value is -2.35. The van der Waals surface area contributed by atoms with E-state index in [9.17, 15) is 9.59 Å². The summed E-state index contributed by atoms with van der Waals surface area (Å²) in [6, 6.07) is 8.87. The van der Waals surface area contributed by atoms with Crippen LogP contribution in [0.1, 0.15) is 64.5 Å². The van der Waals surface area contributed by atoms with Crippen LogP contribution in [0.2, 0.25) is 0 Å². The van der Waals surface area contributed by atoms with Gasteiger partial charge >= 0.3 is 5.97 Å². The zero-order valence-corrected chi connectivity index (χ0v) is 19.6. The normalized spacial score (nSPS) is 15.0. The second-order valence-corrected chi connectivity index (χ2v) is 9.88. The molecule has 0 unspecified atom stereocenters. The zero-order chi connectivity index (χ0) is 22.4. The maximum atomic E-state index is 12.1. The Balaban J connectivity index is 1.81. The number of ether oxygens (including phenoxy) is 1. The van der Waals surface area contributed by atoms with E-state index in [1.807, 2.05) is 0 Å². The molecule has 0 bridgehead atoms. The van der Waals surface area contributed by atoms with Crippen molar-refractivity contribution in [1.82, 2.24) is 20.1 Å². The summed E-state index contributed by atoms with van der Waals surface area (Å²) in [5.74, 6) is 0.323. The summed E-state index contributed by atoms with van der Waals surface area (Å²) < 4.78 is 6.77. The fraction of sp³-hybridized carbons (Fsp3) is 0.565. The van der Waals surface area contributed by atoms with Gasteiger partial charge in [-0.3, -0.25) is 14.2 Å². The molecule has 1 aliphatic rings. The molecule has 1 aliphatic carbocycles. The summed E-state index contributed by atoms with van der Waals surface area (Å²) in [4.78, 5) is 23.4. The second-order valence-electron chi connectivity index (χ2n) is 8.94. The number of rotatable bonds is 7. The lowest BCUT2D eigenvalue weighted by Gasteiger charge is -2.26. The highest BCUT2D eigenvalue weighted by molar-refractivity contribution is 7.99. The first-order chi connectivity index (χ1) is 14.8. The SMILES string of the molecule is COC(=O)CNC(=O)CSc1nnc(-c2ccc(C(C)(C)C)cc2)n1C1CCCCC1. The maximum Gasteiger partial charge on any atom is 0.325 e. The predicted octanol–water partition coefficient (Wildman–Crippen LogP) is 4.13. The maximum absolute atomic E-state index is 12.1. The van der Waals surface area contributed by atoms with Gasteiger partial charge in [-0.05, 0) is 23.8 Å². The van der Waals surface area contributed by atoms with Gasteiger partial charge in [0.1, 0.15) is 6.54 Å². The Kier molecular flexibility index (Phi) is 7.75. The van der Waals surface area contributed by atoms with Crippen LogP contribution in [-0.2, 0) is 19.7 Å². The van der Waals surface area contributed by atoms with Crippen LogP contribution >= 0.6 is 11.8 Å². The van der Waals surface area contributed by atoms with Crippen LogP contribution in [0.25, 0.3) is 11.4 Å². The van der Waals surface area contributed by atoms with Gasteiger partial charge in [0.25, 0.3) is 0 Å². The van der Waals surface area contributed by atoms with E-state index in [-0.39, 0.29) is 23.6 Å². The molecule has 0 saturated heterocycles. The quantitative estimate of drug-likeness (QED) is 0.510. The van der Waals surface area contributed by atoms with Crippen LogP contribution < -0.4 is 5.32 Å². The van der Waals surface area contributed by atoms with Gasteiger partial charge in [-0.2, -0.15) is 0 Å². The molecule has 1 saturated carbocycles. The van der Waals surface area contributed by atoms with Gasteiger partial charge in [-0.15, -0.1) is 10.2 Å². The first kappa shape index (κ1) is 23.3. The average Bonchev–Trinajstić information content (AvgIpc) is 3.20. The summed E-state index contributed by atoms with van der Waals surface area (Å²) >= 11 is 1.36. The number of hydrogen-bond donors (Lipinski definition) is 1. The Bertz CT molecular complexity index is 897. The number of carbonyl (C=O) groups excluding carboxylic acids is 2. The molecule has 31 heavy (non-hydrogen) atoms. The highest BCUT2D eigenvalue weighted by atomic mass is 32.2. The first-order valence-corrected chi connectivity index (χ1v) is 11.8. The van der Waals surface area contributed by atoms with Crippen molar-refractivity contribution >= 4 is 23.6 Å². The van der Waals surface area contributed by atoms with Crippen LogP contribution in [-0.4, -0.2) is 46.0 Å². The molecule has 1 heterocycles. The minimum Gasteiger partial charge on any atom is -0.468 e. The van der Waals surface area contributed by atoms with Gasteiger partial charge < -0.3 is 10.1 Å². The Morgan fingerprint density at radius 1 is 1.13 bits per heavy atom. The van der Waals surface area contributed by atoms with E-state index in [4.69, 9.17) is 0 Å². The summed E-state index contributed by atoms with van der Waals surface area (Å²) in [7, 11) is 1.30. The van der Waals surface area contributed by atoms with Gasteiger partial charge in [-0.1, -0.05) is 76.1 Å². The number of nitrogens with one attached hydrogen (secondary N) is 1. The molecule has 3 rings (SSSR count). The van der Waals surface area contributed by atoms with Gasteiger partial charge in [-0.25, -0.2) is 0 Å². The fourth-order valence-electron chi connectivity index (χ4n) is 3.78. The van der Waals surface area contributed by atoms with Gasteiger partial charge in [0, 0.05) is 11.6 Å². The molecule has 168 valence electrons. The van der Waals surface area contributed by atoms with Crippen molar-refractivity contribution in [1.29, 1.82) is 0 Å². The van der Waals surface area contributed by atoms with Gasteiger partial charge in [0.15, 0.2) is 11.0 Å². The summed E-state index contributed by atoms with van der Waals surface area (Å²) in [5.41, 5.74) is 2.40.